The fraction of sp³-hybridized carbons (Fsp3) is 0.259. The van der Waals surface area contributed by atoms with Crippen LogP contribution in [0.4, 0.5) is 0 Å². The number of nitrogens with one attached hydrogen (secondary N) is 1. The summed E-state index contributed by atoms with van der Waals surface area (Å²) in [5.74, 6) is -0.344. The highest BCUT2D eigenvalue weighted by molar-refractivity contribution is 6.30. The van der Waals surface area contributed by atoms with Gasteiger partial charge >= 0.3 is 0 Å². The van der Waals surface area contributed by atoms with E-state index in [4.69, 9.17) is 11.6 Å². The van der Waals surface area contributed by atoms with Gasteiger partial charge in [0.1, 0.15) is 0 Å². The van der Waals surface area contributed by atoms with Crippen LogP contribution in [-0.4, -0.2) is 23.3 Å². The molecule has 3 atom stereocenters. The largest absolute Gasteiger partial charge is 0.349 e. The van der Waals surface area contributed by atoms with Crippen molar-refractivity contribution in [3.8, 4) is 0 Å². The second kappa shape index (κ2) is 10.0. The molecule has 3 aromatic carbocycles. The number of hydrogen-bond acceptors (Lipinski definition) is 2. The maximum atomic E-state index is 13.5. The van der Waals surface area contributed by atoms with Crippen molar-refractivity contribution < 1.29 is 9.59 Å². The van der Waals surface area contributed by atoms with Gasteiger partial charge in [-0.05, 0) is 55.2 Å². The van der Waals surface area contributed by atoms with Crippen molar-refractivity contribution in [2.45, 2.75) is 31.8 Å². The first kappa shape index (κ1) is 22.1. The monoisotopic (exact) mass is 446 g/mol. The van der Waals surface area contributed by atoms with E-state index in [1.54, 1.807) is 24.3 Å². The zero-order valence-corrected chi connectivity index (χ0v) is 18.8. The Labute approximate surface area is 194 Å². The van der Waals surface area contributed by atoms with Crippen LogP contribution >= 0.6 is 11.6 Å². The number of amides is 2. The van der Waals surface area contributed by atoms with Gasteiger partial charge in [0.2, 0.25) is 5.91 Å². The molecule has 2 amide bonds. The van der Waals surface area contributed by atoms with E-state index in [1.807, 2.05) is 72.5 Å². The third-order valence-electron chi connectivity index (χ3n) is 6.15. The Kier molecular flexibility index (Phi) is 6.91. The van der Waals surface area contributed by atoms with Gasteiger partial charge in [-0.15, -0.1) is 0 Å². The van der Waals surface area contributed by atoms with Crippen LogP contribution in [0.15, 0.2) is 84.9 Å². The summed E-state index contributed by atoms with van der Waals surface area (Å²) in [6.07, 6.45) is 1.47. The highest BCUT2D eigenvalue weighted by Crippen LogP contribution is 2.35. The molecule has 3 aromatic rings. The van der Waals surface area contributed by atoms with E-state index in [9.17, 15) is 9.59 Å². The Balaban J connectivity index is 1.54. The fourth-order valence-corrected chi connectivity index (χ4v) is 4.47. The Morgan fingerprint density at radius 1 is 0.906 bits per heavy atom. The first-order valence-corrected chi connectivity index (χ1v) is 11.4. The van der Waals surface area contributed by atoms with Gasteiger partial charge in [-0.25, -0.2) is 0 Å². The van der Waals surface area contributed by atoms with Crippen LogP contribution in [0.25, 0.3) is 0 Å². The van der Waals surface area contributed by atoms with Crippen LogP contribution in [0.3, 0.4) is 0 Å². The van der Waals surface area contributed by atoms with Crippen LogP contribution < -0.4 is 5.32 Å². The van der Waals surface area contributed by atoms with E-state index < -0.39 is 0 Å². The standard InChI is InChI=1S/C27H27ClN2O2/c1-19(20-8-4-2-5-9-20)29-26(31)23-14-17-25(21-10-6-3-7-11-21)30(18-23)27(32)22-12-15-24(28)16-13-22/h2-13,15-16,19,23,25H,14,17-18H2,1H3,(H,29,31)/t19-,23+,25-/m0/s1. The summed E-state index contributed by atoms with van der Waals surface area (Å²) in [5.41, 5.74) is 2.73. The molecule has 1 aliphatic rings. The number of hydrogen-bond donors (Lipinski definition) is 1. The molecule has 32 heavy (non-hydrogen) atoms. The number of rotatable bonds is 5. The third-order valence-corrected chi connectivity index (χ3v) is 6.40. The quantitative estimate of drug-likeness (QED) is 0.537. The molecule has 4 rings (SSSR count). The van der Waals surface area contributed by atoms with E-state index in [0.29, 0.717) is 17.1 Å². The molecule has 0 aromatic heterocycles. The van der Waals surface area contributed by atoms with Crippen LogP contribution in [-0.2, 0) is 4.79 Å². The van der Waals surface area contributed by atoms with Gasteiger partial charge in [-0.3, -0.25) is 9.59 Å². The fourth-order valence-electron chi connectivity index (χ4n) is 4.35. The summed E-state index contributed by atoms with van der Waals surface area (Å²) in [5, 5.41) is 3.72. The molecule has 5 heteroatoms. The Morgan fingerprint density at radius 3 is 2.19 bits per heavy atom. The van der Waals surface area contributed by atoms with Gasteiger partial charge in [-0.2, -0.15) is 0 Å². The maximum Gasteiger partial charge on any atom is 0.254 e. The molecule has 0 bridgehead atoms. The normalized spacial score (nSPS) is 19.2. The minimum absolute atomic E-state index is 0.0122. The van der Waals surface area contributed by atoms with Crippen molar-refractivity contribution in [3.05, 3.63) is 107 Å². The Hall–Kier alpha value is -3.11. The van der Waals surface area contributed by atoms with Crippen LogP contribution in [0.1, 0.15) is 53.3 Å². The van der Waals surface area contributed by atoms with Crippen LogP contribution in [0.2, 0.25) is 5.02 Å². The summed E-state index contributed by atoms with van der Waals surface area (Å²) in [7, 11) is 0. The molecule has 1 saturated heterocycles. The number of piperidine rings is 1. The second-order valence-corrected chi connectivity index (χ2v) is 8.74. The molecule has 4 nitrogen and oxygen atoms in total. The average Bonchev–Trinajstić information content (AvgIpc) is 2.84. The lowest BCUT2D eigenvalue weighted by atomic mass is 9.87. The van der Waals surface area contributed by atoms with Gasteiger partial charge in [0, 0.05) is 17.1 Å². The summed E-state index contributed by atoms with van der Waals surface area (Å²) in [6.45, 7) is 2.37. The average molecular weight is 447 g/mol. The lowest BCUT2D eigenvalue weighted by Gasteiger charge is -2.40. The van der Waals surface area contributed by atoms with Crippen molar-refractivity contribution in [2.75, 3.05) is 6.54 Å². The zero-order valence-electron chi connectivity index (χ0n) is 18.1. The summed E-state index contributed by atoms with van der Waals surface area (Å²) < 4.78 is 0. The SMILES string of the molecule is C[C@H](NC(=O)[C@@H]1CC[C@@H](c2ccccc2)N(C(=O)c2ccc(Cl)cc2)C1)c1ccccc1. The number of nitrogens with zero attached hydrogens (tertiary/aromatic N) is 1. The molecule has 0 unspecified atom stereocenters. The van der Waals surface area contributed by atoms with E-state index in [2.05, 4.69) is 5.32 Å². The van der Waals surface area contributed by atoms with Crippen molar-refractivity contribution in [1.29, 1.82) is 0 Å². The Bertz CT molecular complexity index is 1050. The van der Waals surface area contributed by atoms with Crippen molar-refractivity contribution in [2.24, 2.45) is 5.92 Å². The topological polar surface area (TPSA) is 49.4 Å². The molecular weight excluding hydrogens is 420 g/mol. The van der Waals surface area contributed by atoms with Crippen LogP contribution in [0.5, 0.6) is 0 Å². The van der Waals surface area contributed by atoms with Crippen LogP contribution in [0, 0.1) is 5.92 Å². The number of likely N-dealkylation sites (tertiary alicyclic amines) is 1. The van der Waals surface area contributed by atoms with E-state index in [-0.39, 0.29) is 29.8 Å². The van der Waals surface area contributed by atoms with Crippen molar-refractivity contribution in [1.82, 2.24) is 10.2 Å². The minimum Gasteiger partial charge on any atom is -0.349 e. The highest BCUT2D eigenvalue weighted by Gasteiger charge is 2.36. The van der Waals surface area contributed by atoms with Crippen molar-refractivity contribution in [3.63, 3.8) is 0 Å². The third kappa shape index (κ3) is 5.03. The molecule has 1 fully saturated rings. The van der Waals surface area contributed by atoms with Gasteiger partial charge in [0.25, 0.3) is 5.91 Å². The first-order valence-electron chi connectivity index (χ1n) is 11.0. The number of carbonyl (C=O) groups is 2. The number of carbonyl (C=O) groups excluding carboxylic acids is 2. The highest BCUT2D eigenvalue weighted by atomic mass is 35.5. The molecule has 1 aliphatic heterocycles. The summed E-state index contributed by atoms with van der Waals surface area (Å²) >= 11 is 6.01. The number of benzene rings is 3. The molecule has 0 spiro atoms. The molecule has 1 heterocycles. The van der Waals surface area contributed by atoms with Gasteiger partial charge in [-0.1, -0.05) is 72.3 Å². The van der Waals surface area contributed by atoms with E-state index in [0.717, 1.165) is 24.0 Å². The van der Waals surface area contributed by atoms with Gasteiger partial charge in [0.05, 0.1) is 18.0 Å². The predicted octanol–water partition coefficient (Wildman–Crippen LogP) is 5.81. The van der Waals surface area contributed by atoms with Gasteiger partial charge < -0.3 is 10.2 Å². The summed E-state index contributed by atoms with van der Waals surface area (Å²) in [4.78, 5) is 28.4. The van der Waals surface area contributed by atoms with Crippen molar-refractivity contribution >= 4 is 23.4 Å². The minimum atomic E-state index is -0.252. The molecule has 164 valence electrons. The van der Waals surface area contributed by atoms with E-state index in [1.165, 1.54) is 0 Å². The second-order valence-electron chi connectivity index (χ2n) is 8.31. The molecule has 0 aliphatic carbocycles. The Morgan fingerprint density at radius 2 is 1.53 bits per heavy atom. The predicted molar refractivity (Wildman–Crippen MR) is 127 cm³/mol. The summed E-state index contributed by atoms with van der Waals surface area (Å²) in [6, 6.07) is 26.7. The molecule has 0 radical (unpaired) electrons. The smallest absolute Gasteiger partial charge is 0.254 e. The lowest BCUT2D eigenvalue weighted by Crippen LogP contribution is -2.47. The van der Waals surface area contributed by atoms with Gasteiger partial charge in [0.15, 0.2) is 0 Å². The molecule has 0 saturated carbocycles. The molecular formula is C27H27ClN2O2. The van der Waals surface area contributed by atoms with E-state index >= 15 is 0 Å². The maximum absolute atomic E-state index is 13.5. The molecule has 1 N–H and O–H groups in total. The first-order chi connectivity index (χ1) is 15.5. The lowest BCUT2D eigenvalue weighted by molar-refractivity contribution is -0.127. The number of halogens is 1. The zero-order chi connectivity index (χ0) is 22.5.